The van der Waals surface area contributed by atoms with Crippen molar-refractivity contribution in [2.24, 2.45) is 0 Å². The first-order valence-corrected chi connectivity index (χ1v) is 20.0. The van der Waals surface area contributed by atoms with Crippen molar-refractivity contribution in [2.45, 2.75) is 39.5 Å². The molecule has 0 spiro atoms. The maximum absolute atomic E-state index is 6.87. The fraction of sp³-hybridized carbons (Fsp3) is 0.113. The molecule has 274 valence electrons. The minimum atomic E-state index is 0.407. The van der Waals surface area contributed by atoms with Crippen LogP contribution >= 0.6 is 0 Å². The first kappa shape index (κ1) is 33.4. The maximum Gasteiger partial charge on any atom is 0.144 e. The zero-order valence-corrected chi connectivity index (χ0v) is 32.5. The Balaban J connectivity index is 1.10. The van der Waals surface area contributed by atoms with E-state index in [0.29, 0.717) is 11.8 Å². The summed E-state index contributed by atoms with van der Waals surface area (Å²) >= 11 is 0. The first-order chi connectivity index (χ1) is 27.9. The second kappa shape index (κ2) is 12.8. The summed E-state index contributed by atoms with van der Waals surface area (Å²) in [7, 11) is 0. The molecule has 4 aromatic heterocycles. The molecule has 0 bridgehead atoms. The van der Waals surface area contributed by atoms with Crippen LogP contribution in [0.3, 0.4) is 0 Å². The van der Waals surface area contributed by atoms with Crippen LogP contribution in [0.4, 0.5) is 0 Å². The van der Waals surface area contributed by atoms with E-state index in [1.54, 1.807) is 0 Å². The molecule has 7 aromatic carbocycles. The Morgan fingerprint density at radius 2 is 1.09 bits per heavy atom. The van der Waals surface area contributed by atoms with Crippen molar-refractivity contribution < 1.29 is 4.42 Å². The van der Waals surface area contributed by atoms with E-state index in [-0.39, 0.29) is 0 Å². The SMILES string of the molecule is CC(C)c1cccc(C(C)C)c1-c1ccc2c(c1)oc1c(-c3cc4c(cn3)c3ccccc3n4-c3ccc4c(c3)c3ccccc3n4-c3ccccc3)cccc12. The number of benzene rings is 7. The van der Waals surface area contributed by atoms with Crippen molar-refractivity contribution in [2.75, 3.05) is 0 Å². The smallest absolute Gasteiger partial charge is 0.144 e. The molecule has 57 heavy (non-hydrogen) atoms. The van der Waals surface area contributed by atoms with Crippen LogP contribution < -0.4 is 0 Å². The highest BCUT2D eigenvalue weighted by Crippen LogP contribution is 2.42. The first-order valence-electron chi connectivity index (χ1n) is 20.0. The maximum atomic E-state index is 6.87. The van der Waals surface area contributed by atoms with Gasteiger partial charge >= 0.3 is 0 Å². The minimum Gasteiger partial charge on any atom is -0.455 e. The summed E-state index contributed by atoms with van der Waals surface area (Å²) in [5.41, 5.74) is 15.8. The largest absolute Gasteiger partial charge is 0.455 e. The Kier molecular flexibility index (Phi) is 7.52. The second-order valence-electron chi connectivity index (χ2n) is 15.9. The van der Waals surface area contributed by atoms with Crippen molar-refractivity contribution in [3.05, 3.63) is 175 Å². The van der Waals surface area contributed by atoms with Crippen LogP contribution in [0.1, 0.15) is 50.7 Å². The van der Waals surface area contributed by atoms with Gasteiger partial charge in [0.05, 0.1) is 27.8 Å². The number of pyridine rings is 1. The predicted octanol–water partition coefficient (Wildman–Crippen LogP) is 14.8. The summed E-state index contributed by atoms with van der Waals surface area (Å²) in [5.74, 6) is 0.815. The van der Waals surface area contributed by atoms with Crippen molar-refractivity contribution in [1.82, 2.24) is 14.1 Å². The number of furan rings is 1. The average Bonchev–Trinajstić information content (AvgIpc) is 3.90. The van der Waals surface area contributed by atoms with Crippen LogP contribution in [0.15, 0.2) is 168 Å². The topological polar surface area (TPSA) is 35.9 Å². The van der Waals surface area contributed by atoms with Gasteiger partial charge < -0.3 is 13.6 Å². The van der Waals surface area contributed by atoms with Crippen molar-refractivity contribution in [3.8, 4) is 33.8 Å². The van der Waals surface area contributed by atoms with Crippen LogP contribution in [-0.4, -0.2) is 14.1 Å². The van der Waals surface area contributed by atoms with Crippen LogP contribution in [0.5, 0.6) is 0 Å². The molecular formula is C53H41N3O. The molecule has 0 fully saturated rings. The summed E-state index contributed by atoms with van der Waals surface area (Å²) in [6.45, 7) is 9.12. The van der Waals surface area contributed by atoms with Crippen molar-refractivity contribution in [1.29, 1.82) is 0 Å². The molecule has 4 heterocycles. The Labute approximate surface area is 331 Å². The summed E-state index contributed by atoms with van der Waals surface area (Å²) in [5, 5.41) is 6.95. The summed E-state index contributed by atoms with van der Waals surface area (Å²) in [4.78, 5) is 5.13. The van der Waals surface area contributed by atoms with Gasteiger partial charge in [-0.2, -0.15) is 0 Å². The van der Waals surface area contributed by atoms with Gasteiger partial charge in [0.15, 0.2) is 0 Å². The average molecular weight is 736 g/mol. The van der Waals surface area contributed by atoms with Gasteiger partial charge in [0, 0.05) is 55.5 Å². The molecule has 0 saturated carbocycles. The minimum absolute atomic E-state index is 0.407. The van der Waals surface area contributed by atoms with Gasteiger partial charge in [-0.3, -0.25) is 4.98 Å². The molecule has 0 radical (unpaired) electrons. The zero-order valence-electron chi connectivity index (χ0n) is 32.5. The molecule has 0 atom stereocenters. The molecule has 0 aliphatic rings. The fourth-order valence-corrected chi connectivity index (χ4v) is 9.28. The zero-order chi connectivity index (χ0) is 38.4. The Morgan fingerprint density at radius 1 is 0.456 bits per heavy atom. The number of hydrogen-bond acceptors (Lipinski definition) is 2. The van der Waals surface area contributed by atoms with Crippen molar-refractivity contribution in [3.63, 3.8) is 0 Å². The molecule has 4 nitrogen and oxygen atoms in total. The van der Waals surface area contributed by atoms with E-state index in [9.17, 15) is 0 Å². The van der Waals surface area contributed by atoms with Crippen LogP contribution in [0, 0.1) is 0 Å². The monoisotopic (exact) mass is 735 g/mol. The highest BCUT2D eigenvalue weighted by atomic mass is 16.3. The number of aromatic nitrogens is 3. The molecule has 11 aromatic rings. The lowest BCUT2D eigenvalue weighted by molar-refractivity contribution is 0.670. The third-order valence-corrected chi connectivity index (χ3v) is 11.9. The van der Waals surface area contributed by atoms with Gasteiger partial charge in [-0.25, -0.2) is 0 Å². The Bertz CT molecular complexity index is 3330. The summed E-state index contributed by atoms with van der Waals surface area (Å²) in [6.07, 6.45) is 2.04. The lowest BCUT2D eigenvalue weighted by Gasteiger charge is -2.20. The molecule has 0 saturated heterocycles. The van der Waals surface area contributed by atoms with Gasteiger partial charge in [0.1, 0.15) is 11.2 Å². The van der Waals surface area contributed by atoms with Crippen molar-refractivity contribution >= 4 is 65.6 Å². The van der Waals surface area contributed by atoms with E-state index in [1.165, 1.54) is 49.4 Å². The fourth-order valence-electron chi connectivity index (χ4n) is 9.28. The number of rotatable bonds is 6. The number of hydrogen-bond donors (Lipinski definition) is 0. The standard InChI is InChI=1S/C53H41N3O/c1-32(2)37-18-12-19-38(33(3)4)52(37)34-24-26-41-42-20-13-21-43(53(42)57-51(41)28-34)46-30-50-45(31-54-46)40-17-9-11-23-48(40)56(50)36-25-27-49-44(29-36)39-16-8-10-22-47(39)55(49)35-14-6-5-7-15-35/h5-33H,1-4H3. The summed E-state index contributed by atoms with van der Waals surface area (Å²) < 4.78 is 11.6. The van der Waals surface area contributed by atoms with Gasteiger partial charge in [-0.1, -0.05) is 119 Å². The molecule has 0 amide bonds. The van der Waals surface area contributed by atoms with Gasteiger partial charge in [-0.15, -0.1) is 0 Å². The lowest BCUT2D eigenvalue weighted by atomic mass is 9.85. The number of para-hydroxylation sites is 4. The third kappa shape index (κ3) is 5.10. The molecule has 0 aliphatic carbocycles. The molecule has 0 N–H and O–H groups in total. The van der Waals surface area contributed by atoms with E-state index in [4.69, 9.17) is 9.40 Å². The third-order valence-electron chi connectivity index (χ3n) is 11.9. The molecular weight excluding hydrogens is 695 g/mol. The van der Waals surface area contributed by atoms with Gasteiger partial charge in [-0.05, 0) is 101 Å². The highest BCUT2D eigenvalue weighted by molar-refractivity contribution is 6.14. The van der Waals surface area contributed by atoms with E-state index < -0.39 is 0 Å². The molecule has 4 heteroatoms. The van der Waals surface area contributed by atoms with Gasteiger partial charge in [0.2, 0.25) is 0 Å². The normalized spacial score (nSPS) is 12.2. The quantitative estimate of drug-likeness (QED) is 0.170. The molecule has 0 unspecified atom stereocenters. The van der Waals surface area contributed by atoms with E-state index >= 15 is 0 Å². The lowest BCUT2D eigenvalue weighted by Crippen LogP contribution is -1.99. The van der Waals surface area contributed by atoms with E-state index in [0.717, 1.165) is 61.0 Å². The second-order valence-corrected chi connectivity index (χ2v) is 15.9. The molecule has 11 rings (SSSR count). The van der Waals surface area contributed by atoms with E-state index in [2.05, 4.69) is 195 Å². The number of fused-ring (bicyclic) bond motifs is 9. The van der Waals surface area contributed by atoms with Crippen LogP contribution in [-0.2, 0) is 0 Å². The number of nitrogens with zero attached hydrogens (tertiary/aromatic N) is 3. The van der Waals surface area contributed by atoms with Gasteiger partial charge in [0.25, 0.3) is 0 Å². The molecule has 0 aliphatic heterocycles. The Hall–Kier alpha value is -6.91. The predicted molar refractivity (Wildman–Crippen MR) is 239 cm³/mol. The Morgan fingerprint density at radius 3 is 1.82 bits per heavy atom. The van der Waals surface area contributed by atoms with E-state index in [1.807, 2.05) is 6.20 Å². The highest BCUT2D eigenvalue weighted by Gasteiger charge is 2.21. The summed E-state index contributed by atoms with van der Waals surface area (Å²) in [6, 6.07) is 57.1. The van der Waals surface area contributed by atoms with Crippen LogP contribution in [0.2, 0.25) is 0 Å². The van der Waals surface area contributed by atoms with Crippen LogP contribution in [0.25, 0.3) is 99.3 Å².